The van der Waals surface area contributed by atoms with E-state index in [0.717, 1.165) is 0 Å². The fourth-order valence-electron chi connectivity index (χ4n) is 1.84. The van der Waals surface area contributed by atoms with E-state index in [0.29, 0.717) is 12.1 Å². The SMILES string of the molecule is CCOC(=O)[C@H](CC(C)C)NC(=O)Nc1ccc(O)c(Cl)c1. The number of carbonyl (C=O) groups is 2. The zero-order chi connectivity index (χ0) is 16.7. The molecule has 2 amide bonds. The lowest BCUT2D eigenvalue weighted by Gasteiger charge is -2.19. The molecule has 122 valence electrons. The van der Waals surface area contributed by atoms with Gasteiger partial charge in [0.05, 0.1) is 11.6 Å². The number of benzene rings is 1. The van der Waals surface area contributed by atoms with Crippen LogP contribution in [0.5, 0.6) is 5.75 Å². The second kappa shape index (κ2) is 8.48. The number of anilines is 1. The van der Waals surface area contributed by atoms with E-state index in [1.54, 1.807) is 6.92 Å². The van der Waals surface area contributed by atoms with Gasteiger partial charge in [0, 0.05) is 5.69 Å². The van der Waals surface area contributed by atoms with Crippen molar-refractivity contribution in [3.05, 3.63) is 23.2 Å². The van der Waals surface area contributed by atoms with Gasteiger partial charge in [-0.2, -0.15) is 0 Å². The molecule has 0 saturated carbocycles. The van der Waals surface area contributed by atoms with Crippen LogP contribution in [0.2, 0.25) is 5.02 Å². The second-order valence-electron chi connectivity index (χ2n) is 5.20. The van der Waals surface area contributed by atoms with E-state index in [9.17, 15) is 14.7 Å². The third-order valence-corrected chi connectivity index (χ3v) is 3.09. The first-order valence-electron chi connectivity index (χ1n) is 7.06. The maximum atomic E-state index is 12.0. The van der Waals surface area contributed by atoms with Crippen molar-refractivity contribution in [3.63, 3.8) is 0 Å². The molecule has 0 heterocycles. The molecule has 0 saturated heterocycles. The first-order chi connectivity index (χ1) is 10.3. The summed E-state index contributed by atoms with van der Waals surface area (Å²) in [6.45, 7) is 5.87. The summed E-state index contributed by atoms with van der Waals surface area (Å²) in [5, 5.41) is 14.6. The highest BCUT2D eigenvalue weighted by Gasteiger charge is 2.23. The number of esters is 1. The molecule has 1 rings (SSSR count). The van der Waals surface area contributed by atoms with Crippen molar-refractivity contribution in [1.29, 1.82) is 0 Å². The lowest BCUT2D eigenvalue weighted by molar-refractivity contribution is -0.145. The zero-order valence-electron chi connectivity index (χ0n) is 12.9. The quantitative estimate of drug-likeness (QED) is 0.553. The van der Waals surface area contributed by atoms with Crippen LogP contribution >= 0.6 is 11.6 Å². The number of nitrogens with one attached hydrogen (secondary N) is 2. The Bertz CT molecular complexity index is 534. The number of hydrogen-bond acceptors (Lipinski definition) is 4. The van der Waals surface area contributed by atoms with Crippen molar-refractivity contribution in [2.45, 2.75) is 33.2 Å². The Morgan fingerprint density at radius 3 is 2.59 bits per heavy atom. The third-order valence-electron chi connectivity index (χ3n) is 2.79. The molecule has 1 aromatic rings. The first-order valence-corrected chi connectivity index (χ1v) is 7.44. The van der Waals surface area contributed by atoms with Crippen molar-refractivity contribution in [3.8, 4) is 5.75 Å². The molecule has 0 aromatic heterocycles. The lowest BCUT2D eigenvalue weighted by atomic mass is 10.0. The van der Waals surface area contributed by atoms with Gasteiger partial charge >= 0.3 is 12.0 Å². The standard InChI is InChI=1S/C15H21ClN2O4/c1-4-22-14(20)12(7-9(2)3)18-15(21)17-10-5-6-13(19)11(16)8-10/h5-6,8-9,12,19H,4,7H2,1-3H3,(H2,17,18,21)/t12-/m0/s1. The van der Waals surface area contributed by atoms with Crippen LogP contribution in [0, 0.1) is 5.92 Å². The predicted octanol–water partition coefficient (Wildman–Crippen LogP) is 3.14. The van der Waals surface area contributed by atoms with Crippen LogP contribution in [0.25, 0.3) is 0 Å². The number of carbonyl (C=O) groups excluding carboxylic acids is 2. The number of phenols is 1. The van der Waals surface area contributed by atoms with E-state index in [1.807, 2.05) is 13.8 Å². The molecular formula is C15H21ClN2O4. The van der Waals surface area contributed by atoms with Crippen molar-refractivity contribution >= 4 is 29.3 Å². The fraction of sp³-hybridized carbons (Fsp3) is 0.467. The van der Waals surface area contributed by atoms with Crippen LogP contribution in [0.4, 0.5) is 10.5 Å². The van der Waals surface area contributed by atoms with Gasteiger partial charge in [-0.3, -0.25) is 0 Å². The van der Waals surface area contributed by atoms with E-state index in [-0.39, 0.29) is 23.3 Å². The number of halogens is 1. The summed E-state index contributed by atoms with van der Waals surface area (Å²) in [4.78, 5) is 23.8. The highest BCUT2D eigenvalue weighted by molar-refractivity contribution is 6.32. The van der Waals surface area contributed by atoms with Crippen molar-refractivity contribution in [2.24, 2.45) is 5.92 Å². The maximum absolute atomic E-state index is 12.0. The molecule has 0 aliphatic carbocycles. The molecule has 1 aromatic carbocycles. The molecule has 0 radical (unpaired) electrons. The molecule has 0 bridgehead atoms. The minimum atomic E-state index is -0.715. The van der Waals surface area contributed by atoms with Crippen LogP contribution in [0.15, 0.2) is 18.2 Å². The van der Waals surface area contributed by atoms with Gasteiger partial charge in [-0.15, -0.1) is 0 Å². The van der Waals surface area contributed by atoms with Crippen LogP contribution in [0.1, 0.15) is 27.2 Å². The maximum Gasteiger partial charge on any atom is 0.328 e. The van der Waals surface area contributed by atoms with Crippen LogP contribution < -0.4 is 10.6 Å². The van der Waals surface area contributed by atoms with E-state index < -0.39 is 18.0 Å². The molecule has 0 aliphatic heterocycles. The van der Waals surface area contributed by atoms with Crippen molar-refractivity contribution in [1.82, 2.24) is 5.32 Å². The van der Waals surface area contributed by atoms with Gasteiger partial charge in [-0.25, -0.2) is 9.59 Å². The third kappa shape index (κ3) is 5.81. The number of aromatic hydroxyl groups is 1. The van der Waals surface area contributed by atoms with Gasteiger partial charge in [0.2, 0.25) is 0 Å². The Morgan fingerprint density at radius 2 is 2.05 bits per heavy atom. The van der Waals surface area contributed by atoms with Gasteiger partial charge in [0.25, 0.3) is 0 Å². The molecule has 0 spiro atoms. The van der Waals surface area contributed by atoms with Crippen LogP contribution in [-0.2, 0) is 9.53 Å². The summed E-state index contributed by atoms with van der Waals surface area (Å²) < 4.78 is 4.96. The smallest absolute Gasteiger partial charge is 0.328 e. The summed E-state index contributed by atoms with van der Waals surface area (Å²) in [6.07, 6.45) is 0.475. The van der Waals surface area contributed by atoms with Crippen LogP contribution in [-0.4, -0.2) is 29.8 Å². The number of hydrogen-bond donors (Lipinski definition) is 3. The summed E-state index contributed by atoms with van der Waals surface area (Å²) >= 11 is 5.77. The Balaban J connectivity index is 2.69. The Hall–Kier alpha value is -1.95. The normalized spacial score (nSPS) is 11.9. The Morgan fingerprint density at radius 1 is 1.36 bits per heavy atom. The molecule has 22 heavy (non-hydrogen) atoms. The van der Waals surface area contributed by atoms with Gasteiger partial charge in [-0.1, -0.05) is 25.4 Å². The van der Waals surface area contributed by atoms with Gasteiger partial charge in [0.1, 0.15) is 11.8 Å². The number of urea groups is 1. The summed E-state index contributed by atoms with van der Waals surface area (Å²) in [5.74, 6) is -0.315. The average Bonchev–Trinajstić information content (AvgIpc) is 2.42. The average molecular weight is 329 g/mol. The summed E-state index contributed by atoms with van der Waals surface area (Å²) in [6, 6.07) is 3.03. The van der Waals surface area contributed by atoms with E-state index in [1.165, 1.54) is 18.2 Å². The summed E-state index contributed by atoms with van der Waals surface area (Å²) in [7, 11) is 0. The number of amides is 2. The molecule has 3 N–H and O–H groups in total. The number of phenolic OH excluding ortho intramolecular Hbond substituents is 1. The molecule has 0 fully saturated rings. The largest absolute Gasteiger partial charge is 0.506 e. The van der Waals surface area contributed by atoms with E-state index in [2.05, 4.69) is 10.6 Å². The zero-order valence-corrected chi connectivity index (χ0v) is 13.6. The van der Waals surface area contributed by atoms with Gasteiger partial charge < -0.3 is 20.5 Å². The highest BCUT2D eigenvalue weighted by Crippen LogP contribution is 2.25. The van der Waals surface area contributed by atoms with Gasteiger partial charge in [0.15, 0.2) is 0 Å². The molecule has 0 unspecified atom stereocenters. The molecule has 1 atom stereocenters. The summed E-state index contributed by atoms with van der Waals surface area (Å²) in [5.41, 5.74) is 0.410. The molecule has 6 nitrogen and oxygen atoms in total. The Labute approximate surface area is 134 Å². The number of rotatable bonds is 6. The molecule has 0 aliphatic rings. The topological polar surface area (TPSA) is 87.7 Å². The van der Waals surface area contributed by atoms with Crippen LogP contribution in [0.3, 0.4) is 0 Å². The van der Waals surface area contributed by atoms with E-state index >= 15 is 0 Å². The van der Waals surface area contributed by atoms with Gasteiger partial charge in [-0.05, 0) is 37.5 Å². The van der Waals surface area contributed by atoms with Crippen molar-refractivity contribution in [2.75, 3.05) is 11.9 Å². The predicted molar refractivity (Wildman–Crippen MR) is 85.1 cm³/mol. The molecular weight excluding hydrogens is 308 g/mol. The lowest BCUT2D eigenvalue weighted by Crippen LogP contribution is -2.44. The van der Waals surface area contributed by atoms with E-state index in [4.69, 9.17) is 16.3 Å². The minimum Gasteiger partial charge on any atom is -0.506 e. The second-order valence-corrected chi connectivity index (χ2v) is 5.61. The Kier molecular flexibility index (Phi) is 6.98. The minimum absolute atomic E-state index is 0.0724. The fourth-order valence-corrected chi connectivity index (χ4v) is 2.02. The monoisotopic (exact) mass is 328 g/mol. The number of ether oxygens (including phenoxy) is 1. The van der Waals surface area contributed by atoms with Crippen molar-refractivity contribution < 1.29 is 19.4 Å². The highest BCUT2D eigenvalue weighted by atomic mass is 35.5. The molecule has 7 heteroatoms. The first kappa shape index (κ1) is 18.1.